The zero-order chi connectivity index (χ0) is 8.48. The van der Waals surface area contributed by atoms with E-state index in [1.165, 1.54) is 6.07 Å². The van der Waals surface area contributed by atoms with Crippen LogP contribution >= 0.6 is 0 Å². The van der Waals surface area contributed by atoms with Crippen LogP contribution in [0.5, 0.6) is 0 Å². The number of pyridine rings is 1. The minimum absolute atomic E-state index is 0.206. The van der Waals surface area contributed by atoms with Gasteiger partial charge in [0.2, 0.25) is 0 Å². The monoisotopic (exact) mass is 163 g/mol. The Kier molecular flexibility index (Phi) is 1.72. The van der Waals surface area contributed by atoms with Gasteiger partial charge in [-0.1, -0.05) is 0 Å². The topological polar surface area (TPSA) is 40.2 Å². The number of aromatic nitrogens is 1. The number of rotatable bonds is 0. The van der Waals surface area contributed by atoms with Crippen molar-refractivity contribution in [2.45, 2.75) is 6.18 Å². The van der Waals surface area contributed by atoms with Crippen LogP contribution in [0.1, 0.15) is 5.56 Å². The third-order valence-electron chi connectivity index (χ3n) is 1.16. The summed E-state index contributed by atoms with van der Waals surface area (Å²) < 4.78 is 35.6. The molecule has 1 aromatic rings. The Morgan fingerprint density at radius 1 is 1.27 bits per heavy atom. The van der Waals surface area contributed by atoms with E-state index in [4.69, 9.17) is 5.73 Å². The molecule has 0 radical (unpaired) electrons. The molecule has 0 saturated carbocycles. The molecule has 3 N–H and O–H groups in total. The van der Waals surface area contributed by atoms with Crippen LogP contribution in [0, 0.1) is 0 Å². The van der Waals surface area contributed by atoms with Crippen LogP contribution < -0.4 is 10.7 Å². The molecule has 0 saturated heterocycles. The summed E-state index contributed by atoms with van der Waals surface area (Å²) in [6.07, 6.45) is -3.47. The van der Waals surface area contributed by atoms with Crippen molar-refractivity contribution in [3.63, 3.8) is 0 Å². The van der Waals surface area contributed by atoms with Crippen LogP contribution in [-0.2, 0) is 6.18 Å². The number of halogens is 3. The second-order valence-electron chi connectivity index (χ2n) is 2.03. The van der Waals surface area contributed by atoms with Crippen LogP contribution in [0.15, 0.2) is 18.3 Å². The predicted octanol–water partition coefficient (Wildman–Crippen LogP) is 1.10. The van der Waals surface area contributed by atoms with Gasteiger partial charge in [-0.15, -0.1) is 0 Å². The van der Waals surface area contributed by atoms with Gasteiger partial charge in [0.05, 0.1) is 5.56 Å². The first kappa shape index (κ1) is 7.84. The smallest absolute Gasteiger partial charge is 0.287 e. The van der Waals surface area contributed by atoms with Crippen LogP contribution in [0.3, 0.4) is 0 Å². The number of H-pyrrole nitrogens is 1. The first-order chi connectivity index (χ1) is 5.00. The summed E-state index contributed by atoms with van der Waals surface area (Å²) in [6, 6.07) is 2.09. The van der Waals surface area contributed by atoms with E-state index in [0.29, 0.717) is 0 Å². The second kappa shape index (κ2) is 2.41. The van der Waals surface area contributed by atoms with E-state index in [1.807, 2.05) is 0 Å². The standard InChI is InChI=1S/C6H5F3N2/c7-6(8,9)4-1-2-5(10)11-3-4/h1-3H,(H2,10,11)/p+1. The van der Waals surface area contributed by atoms with Crippen molar-refractivity contribution in [3.05, 3.63) is 23.9 Å². The largest absolute Gasteiger partial charge is 0.419 e. The van der Waals surface area contributed by atoms with Gasteiger partial charge in [0.15, 0.2) is 0 Å². The van der Waals surface area contributed by atoms with Gasteiger partial charge in [0, 0.05) is 6.07 Å². The van der Waals surface area contributed by atoms with Crippen LogP contribution in [0.2, 0.25) is 0 Å². The van der Waals surface area contributed by atoms with Crippen molar-refractivity contribution in [3.8, 4) is 0 Å². The van der Waals surface area contributed by atoms with E-state index in [1.54, 1.807) is 0 Å². The molecule has 0 aliphatic heterocycles. The quantitative estimate of drug-likeness (QED) is 0.611. The maximum atomic E-state index is 11.9. The minimum Gasteiger partial charge on any atom is -0.287 e. The molecule has 0 unspecified atom stereocenters. The highest BCUT2D eigenvalue weighted by atomic mass is 19.4. The molecule has 0 spiro atoms. The second-order valence-corrected chi connectivity index (χ2v) is 2.03. The average Bonchev–Trinajstić information content (AvgIpc) is 1.86. The molecular weight excluding hydrogens is 157 g/mol. The maximum absolute atomic E-state index is 11.9. The van der Waals surface area contributed by atoms with E-state index in [9.17, 15) is 13.2 Å². The van der Waals surface area contributed by atoms with Crippen LogP contribution in [0.25, 0.3) is 0 Å². The van der Waals surface area contributed by atoms with Crippen LogP contribution in [-0.4, -0.2) is 0 Å². The van der Waals surface area contributed by atoms with Crippen molar-refractivity contribution < 1.29 is 18.2 Å². The van der Waals surface area contributed by atoms with Crippen LogP contribution in [0.4, 0.5) is 19.0 Å². The zero-order valence-corrected chi connectivity index (χ0v) is 5.44. The molecule has 0 aromatic carbocycles. The van der Waals surface area contributed by atoms with Crippen molar-refractivity contribution >= 4 is 5.82 Å². The van der Waals surface area contributed by atoms with E-state index in [0.717, 1.165) is 12.3 Å². The fraction of sp³-hybridized carbons (Fsp3) is 0.167. The van der Waals surface area contributed by atoms with Gasteiger partial charge < -0.3 is 0 Å². The van der Waals surface area contributed by atoms with Gasteiger partial charge in [-0.2, -0.15) is 13.2 Å². The molecule has 0 atom stereocenters. The lowest BCUT2D eigenvalue weighted by Gasteiger charge is -2.02. The Bertz CT molecular complexity index is 239. The molecular formula is C6H6F3N2+. The molecule has 0 amide bonds. The molecule has 2 nitrogen and oxygen atoms in total. The van der Waals surface area contributed by atoms with E-state index in [2.05, 4.69) is 4.98 Å². The lowest BCUT2D eigenvalue weighted by atomic mass is 10.3. The summed E-state index contributed by atoms with van der Waals surface area (Å²) in [7, 11) is 0. The number of anilines is 1. The first-order valence-corrected chi connectivity index (χ1v) is 2.84. The van der Waals surface area contributed by atoms with E-state index >= 15 is 0 Å². The van der Waals surface area contributed by atoms with Gasteiger partial charge in [-0.05, 0) is 6.07 Å². The molecule has 0 fully saturated rings. The van der Waals surface area contributed by atoms with Gasteiger partial charge in [-0.25, -0.2) is 4.98 Å². The lowest BCUT2D eigenvalue weighted by Crippen LogP contribution is -2.14. The Balaban J connectivity index is 2.99. The summed E-state index contributed by atoms with van der Waals surface area (Å²) in [5.74, 6) is 0.206. The highest BCUT2D eigenvalue weighted by Gasteiger charge is 2.31. The average molecular weight is 163 g/mol. The van der Waals surface area contributed by atoms with Gasteiger partial charge in [-0.3, -0.25) is 5.73 Å². The van der Waals surface area contributed by atoms with Crippen molar-refractivity contribution in [1.82, 2.24) is 0 Å². The summed E-state index contributed by atoms with van der Waals surface area (Å²) in [4.78, 5) is 2.26. The maximum Gasteiger partial charge on any atom is 0.419 e. The fourth-order valence-electron chi connectivity index (χ4n) is 0.613. The SMILES string of the molecule is Nc1ccc(C(F)(F)F)c[nH+]1. The normalized spacial score (nSPS) is 11.5. The molecule has 0 bridgehead atoms. The number of alkyl halides is 3. The molecule has 1 heterocycles. The van der Waals surface area contributed by atoms with Crippen molar-refractivity contribution in [2.24, 2.45) is 0 Å². The summed E-state index contributed by atoms with van der Waals surface area (Å²) >= 11 is 0. The van der Waals surface area contributed by atoms with Gasteiger partial charge in [0.1, 0.15) is 6.20 Å². The third-order valence-corrected chi connectivity index (χ3v) is 1.16. The van der Waals surface area contributed by atoms with Gasteiger partial charge >= 0.3 is 6.18 Å². The minimum atomic E-state index is -4.30. The highest BCUT2D eigenvalue weighted by molar-refractivity contribution is 5.23. The molecule has 11 heavy (non-hydrogen) atoms. The molecule has 0 aliphatic carbocycles. The van der Waals surface area contributed by atoms with Crippen molar-refractivity contribution in [1.29, 1.82) is 0 Å². The summed E-state index contributed by atoms with van der Waals surface area (Å²) in [5.41, 5.74) is 4.42. The Hall–Kier alpha value is -1.26. The third kappa shape index (κ3) is 1.83. The molecule has 1 aromatic heterocycles. The molecule has 0 aliphatic rings. The summed E-state index contributed by atoms with van der Waals surface area (Å²) in [5, 5.41) is 0. The number of hydrogen-bond donors (Lipinski definition) is 1. The van der Waals surface area contributed by atoms with Gasteiger partial charge in [0.25, 0.3) is 5.82 Å². The summed E-state index contributed by atoms with van der Waals surface area (Å²) in [6.45, 7) is 0. The molecule has 5 heteroatoms. The first-order valence-electron chi connectivity index (χ1n) is 2.84. The number of nitrogen functional groups attached to an aromatic ring is 1. The number of nitrogens with two attached hydrogens (primary N) is 1. The van der Waals surface area contributed by atoms with E-state index in [-0.39, 0.29) is 5.82 Å². The van der Waals surface area contributed by atoms with E-state index < -0.39 is 11.7 Å². The lowest BCUT2D eigenvalue weighted by molar-refractivity contribution is -0.363. The van der Waals surface area contributed by atoms with Crippen molar-refractivity contribution in [2.75, 3.05) is 5.73 Å². The zero-order valence-electron chi connectivity index (χ0n) is 5.44. The molecule has 60 valence electrons. The Morgan fingerprint density at radius 3 is 2.27 bits per heavy atom. The Labute approximate surface area is 60.9 Å². The predicted molar refractivity (Wildman–Crippen MR) is 32.4 cm³/mol. The highest BCUT2D eigenvalue weighted by Crippen LogP contribution is 2.27. The number of nitrogens with one attached hydrogen (secondary N) is 1. The molecule has 1 rings (SSSR count). The fourth-order valence-corrected chi connectivity index (χ4v) is 0.613. The number of aromatic amines is 1. The number of hydrogen-bond acceptors (Lipinski definition) is 1. The Morgan fingerprint density at radius 2 is 1.91 bits per heavy atom.